The third-order valence-electron chi connectivity index (χ3n) is 8.70. The number of aliphatic hydroxyl groups is 1. The molecule has 4 saturated carbocycles. The van der Waals surface area contributed by atoms with Gasteiger partial charge in [0.05, 0.1) is 0 Å². The molecule has 4 fully saturated rings. The minimum Gasteiger partial charge on any atom is -0.378 e. The van der Waals surface area contributed by atoms with Crippen molar-refractivity contribution in [1.82, 2.24) is 0 Å². The molecule has 126 valence electrons. The molecule has 0 aromatic heterocycles. The van der Waals surface area contributed by atoms with Crippen LogP contribution in [0.1, 0.15) is 71.6 Å². The molecule has 4 aliphatic rings. The quantitative estimate of drug-likeness (QED) is 0.687. The summed E-state index contributed by atoms with van der Waals surface area (Å²) in [5, 5.41) is 10.6. The Morgan fingerprint density at radius 1 is 1.09 bits per heavy atom. The van der Waals surface area contributed by atoms with Crippen LogP contribution in [0.15, 0.2) is 0 Å². The van der Waals surface area contributed by atoms with Crippen molar-refractivity contribution in [2.24, 2.45) is 34.5 Å². The number of ketones is 1. The molecular formula is C21H30O2. The smallest absolute Gasteiger partial charge is 0.139 e. The zero-order valence-corrected chi connectivity index (χ0v) is 14.6. The van der Waals surface area contributed by atoms with Gasteiger partial charge in [0.2, 0.25) is 0 Å². The predicted octanol–water partition coefficient (Wildman–Crippen LogP) is 3.96. The van der Waals surface area contributed by atoms with Crippen molar-refractivity contribution in [3.05, 3.63) is 0 Å². The van der Waals surface area contributed by atoms with Gasteiger partial charge in [0, 0.05) is 11.8 Å². The Bertz CT molecular complexity index is 575. The van der Waals surface area contributed by atoms with Crippen molar-refractivity contribution in [1.29, 1.82) is 0 Å². The van der Waals surface area contributed by atoms with E-state index < -0.39 is 5.60 Å². The molecule has 23 heavy (non-hydrogen) atoms. The van der Waals surface area contributed by atoms with Crippen molar-refractivity contribution in [2.75, 3.05) is 0 Å². The van der Waals surface area contributed by atoms with E-state index in [0.29, 0.717) is 23.0 Å². The molecule has 0 spiro atoms. The van der Waals surface area contributed by atoms with Crippen LogP contribution in [0.25, 0.3) is 0 Å². The van der Waals surface area contributed by atoms with E-state index in [0.717, 1.165) is 50.4 Å². The summed E-state index contributed by atoms with van der Waals surface area (Å²) in [6, 6.07) is 0. The van der Waals surface area contributed by atoms with E-state index in [9.17, 15) is 9.90 Å². The van der Waals surface area contributed by atoms with E-state index >= 15 is 0 Å². The van der Waals surface area contributed by atoms with Crippen molar-refractivity contribution in [3.8, 4) is 12.3 Å². The Morgan fingerprint density at radius 2 is 1.87 bits per heavy atom. The second-order valence-electron chi connectivity index (χ2n) is 9.45. The Hall–Kier alpha value is -0.810. The summed E-state index contributed by atoms with van der Waals surface area (Å²) >= 11 is 0. The van der Waals surface area contributed by atoms with Gasteiger partial charge in [0.15, 0.2) is 0 Å². The van der Waals surface area contributed by atoms with Gasteiger partial charge in [0.25, 0.3) is 0 Å². The lowest BCUT2D eigenvalue weighted by Crippen LogP contribution is -2.55. The molecular weight excluding hydrogens is 284 g/mol. The summed E-state index contributed by atoms with van der Waals surface area (Å²) in [6.45, 7) is 4.71. The first-order chi connectivity index (χ1) is 10.8. The van der Waals surface area contributed by atoms with Crippen LogP contribution in [-0.2, 0) is 4.79 Å². The van der Waals surface area contributed by atoms with Crippen molar-refractivity contribution in [2.45, 2.75) is 77.2 Å². The maximum Gasteiger partial charge on any atom is 0.139 e. The Morgan fingerprint density at radius 3 is 2.61 bits per heavy atom. The average molecular weight is 314 g/mol. The summed E-state index contributed by atoms with van der Waals surface area (Å²) in [4.78, 5) is 12.4. The Kier molecular flexibility index (Phi) is 3.31. The SMILES string of the molecule is C#C[C@@]1(O)CC[C@]2(C)[C@@H](CC[C@H]3[C@H]4CCC(=O)[C@]4(C)CC[C@@H]32)C1. The highest BCUT2D eigenvalue weighted by molar-refractivity contribution is 5.87. The average Bonchev–Trinajstić information content (AvgIpc) is 2.84. The molecule has 0 amide bonds. The molecule has 2 nitrogen and oxygen atoms in total. The van der Waals surface area contributed by atoms with Gasteiger partial charge in [-0.25, -0.2) is 0 Å². The van der Waals surface area contributed by atoms with Gasteiger partial charge in [-0.2, -0.15) is 0 Å². The second-order valence-corrected chi connectivity index (χ2v) is 9.45. The van der Waals surface area contributed by atoms with Crippen LogP contribution >= 0.6 is 0 Å². The molecule has 0 heterocycles. The lowest BCUT2D eigenvalue weighted by molar-refractivity contribution is -0.146. The fraction of sp³-hybridized carbons (Fsp3) is 0.857. The summed E-state index contributed by atoms with van der Waals surface area (Å²) in [7, 11) is 0. The highest BCUT2D eigenvalue weighted by atomic mass is 16.3. The molecule has 4 aliphatic carbocycles. The van der Waals surface area contributed by atoms with Crippen LogP contribution in [0.4, 0.5) is 0 Å². The third kappa shape index (κ3) is 2.02. The third-order valence-corrected chi connectivity index (χ3v) is 8.70. The van der Waals surface area contributed by atoms with Crippen LogP contribution in [0.3, 0.4) is 0 Å². The number of fused-ring (bicyclic) bond motifs is 5. The maximum absolute atomic E-state index is 12.4. The number of carbonyl (C=O) groups excluding carboxylic acids is 1. The van der Waals surface area contributed by atoms with Gasteiger partial charge in [-0.3, -0.25) is 4.79 Å². The topological polar surface area (TPSA) is 37.3 Å². The summed E-state index contributed by atoms with van der Waals surface area (Å²) in [6.07, 6.45) is 14.8. The Labute approximate surface area is 140 Å². The standard InChI is InChI=1S/C21H30O2/c1-4-21(23)12-11-19(2)14(13-21)5-6-15-16-7-8-18(22)20(16,3)10-9-17(15)19/h1,14-17,23H,5-13H2,2-3H3/t14-,15-,16+,17-,19+,20+,21+/m0/s1. The van der Waals surface area contributed by atoms with E-state index in [-0.39, 0.29) is 5.41 Å². The summed E-state index contributed by atoms with van der Waals surface area (Å²) in [5.74, 6) is 5.81. The van der Waals surface area contributed by atoms with Crippen molar-refractivity contribution >= 4 is 5.78 Å². The van der Waals surface area contributed by atoms with Gasteiger partial charge in [-0.15, -0.1) is 6.42 Å². The lowest BCUT2D eigenvalue weighted by Gasteiger charge is -2.60. The summed E-state index contributed by atoms with van der Waals surface area (Å²) < 4.78 is 0. The molecule has 0 aromatic rings. The van der Waals surface area contributed by atoms with Crippen LogP contribution in [0.5, 0.6) is 0 Å². The lowest BCUT2D eigenvalue weighted by atomic mass is 9.44. The van der Waals surface area contributed by atoms with Crippen LogP contribution in [0.2, 0.25) is 0 Å². The molecule has 0 radical (unpaired) electrons. The van der Waals surface area contributed by atoms with Crippen LogP contribution in [0, 0.1) is 46.8 Å². The molecule has 0 bridgehead atoms. The monoisotopic (exact) mass is 314 g/mol. The van der Waals surface area contributed by atoms with E-state index in [2.05, 4.69) is 19.8 Å². The molecule has 2 heteroatoms. The molecule has 7 atom stereocenters. The van der Waals surface area contributed by atoms with Crippen LogP contribution in [-0.4, -0.2) is 16.5 Å². The minimum atomic E-state index is -0.872. The van der Waals surface area contributed by atoms with E-state index in [1.807, 2.05) is 0 Å². The minimum absolute atomic E-state index is 0.0292. The van der Waals surface area contributed by atoms with E-state index in [4.69, 9.17) is 6.42 Å². The number of rotatable bonds is 0. The fourth-order valence-corrected chi connectivity index (χ4v) is 7.15. The number of Topliss-reactive ketones (excluding diaryl/α,β-unsaturated/α-hetero) is 1. The number of carbonyl (C=O) groups is 1. The normalized spacial score (nSPS) is 55.5. The molecule has 1 N–H and O–H groups in total. The molecule has 0 aromatic carbocycles. The molecule has 4 rings (SSSR count). The molecule has 0 unspecified atom stereocenters. The highest BCUT2D eigenvalue weighted by Crippen LogP contribution is 2.66. The van der Waals surface area contributed by atoms with Crippen molar-refractivity contribution < 1.29 is 9.90 Å². The molecule has 0 saturated heterocycles. The first-order valence-corrected chi connectivity index (χ1v) is 9.56. The fourth-order valence-electron chi connectivity index (χ4n) is 7.15. The summed E-state index contributed by atoms with van der Waals surface area (Å²) in [5.41, 5.74) is -0.582. The first kappa shape index (κ1) is 15.7. The predicted molar refractivity (Wildman–Crippen MR) is 90.5 cm³/mol. The van der Waals surface area contributed by atoms with E-state index in [1.165, 1.54) is 19.3 Å². The number of hydrogen-bond donors (Lipinski definition) is 1. The highest BCUT2D eigenvalue weighted by Gasteiger charge is 2.61. The largest absolute Gasteiger partial charge is 0.378 e. The number of terminal acetylenes is 1. The second kappa shape index (κ2) is 4.85. The van der Waals surface area contributed by atoms with Gasteiger partial charge < -0.3 is 5.11 Å². The van der Waals surface area contributed by atoms with Crippen molar-refractivity contribution in [3.63, 3.8) is 0 Å². The van der Waals surface area contributed by atoms with Gasteiger partial charge in [0.1, 0.15) is 11.4 Å². The van der Waals surface area contributed by atoms with Gasteiger partial charge >= 0.3 is 0 Å². The first-order valence-electron chi connectivity index (χ1n) is 9.56. The zero-order valence-electron chi connectivity index (χ0n) is 14.6. The van der Waals surface area contributed by atoms with Gasteiger partial charge in [-0.1, -0.05) is 19.8 Å². The van der Waals surface area contributed by atoms with Crippen LogP contribution < -0.4 is 0 Å². The maximum atomic E-state index is 12.4. The zero-order chi connectivity index (χ0) is 16.5. The number of hydrogen-bond acceptors (Lipinski definition) is 2. The Balaban J connectivity index is 1.62. The van der Waals surface area contributed by atoms with E-state index in [1.54, 1.807) is 0 Å². The molecule has 0 aliphatic heterocycles. The van der Waals surface area contributed by atoms with Gasteiger partial charge in [-0.05, 0) is 80.5 Å².